The molecule has 3 N–H and O–H groups in total. The van der Waals surface area contributed by atoms with Gasteiger partial charge in [-0.1, -0.05) is 0 Å². The first-order chi connectivity index (χ1) is 9.02. The van der Waals surface area contributed by atoms with Crippen LogP contribution >= 0.6 is 0 Å². The monoisotopic (exact) mass is 272 g/mol. The predicted molar refractivity (Wildman–Crippen MR) is 63.6 cm³/mol. The second-order valence-electron chi connectivity index (χ2n) is 4.41. The summed E-state index contributed by atoms with van der Waals surface area (Å²) < 4.78 is 11.5. The van der Waals surface area contributed by atoms with Crippen molar-refractivity contribution in [2.75, 3.05) is 13.4 Å². The predicted octanol–water partition coefficient (Wildman–Crippen LogP) is -1.54. The molecule has 1 saturated heterocycles. The number of rotatable bonds is 4. The van der Waals surface area contributed by atoms with Crippen molar-refractivity contribution < 1.29 is 19.7 Å². The molecule has 2 rings (SSSR count). The normalized spacial score (nSPS) is 26.8. The van der Waals surface area contributed by atoms with Crippen molar-refractivity contribution in [1.82, 2.24) is 9.55 Å². The number of nitrogens with zero attached hydrogens (tertiary/aromatic N) is 1. The summed E-state index contributed by atoms with van der Waals surface area (Å²) in [5, 5.41) is 18.3. The number of aryl methyl sites for hydroxylation is 1. The average Bonchev–Trinajstić information content (AvgIpc) is 2.72. The first kappa shape index (κ1) is 13.9. The molecular weight excluding hydrogens is 256 g/mol. The molecule has 0 aliphatic carbocycles. The van der Waals surface area contributed by atoms with Crippen LogP contribution in [-0.2, 0) is 9.47 Å². The molecule has 8 nitrogen and oxygen atoms in total. The summed E-state index contributed by atoms with van der Waals surface area (Å²) in [5.74, 6) is 0. The number of aromatic amines is 1. The molecule has 0 aromatic carbocycles. The number of hydrogen-bond acceptors (Lipinski definition) is 6. The molecule has 0 amide bonds. The molecule has 0 bridgehead atoms. The topological polar surface area (TPSA) is 114 Å². The summed E-state index contributed by atoms with van der Waals surface area (Å²) in [6.45, 7) is 1.15. The molecule has 3 atom stereocenters. The maximum Gasteiger partial charge on any atom is 0.330 e. The minimum absolute atomic E-state index is 0.0330. The lowest BCUT2D eigenvalue weighted by Crippen LogP contribution is -2.33. The van der Waals surface area contributed by atoms with Crippen molar-refractivity contribution in [1.29, 1.82) is 0 Å². The SMILES string of the molecule is Cc1cn([C@H]2C[C@H](O)[C@@H](COCO)O2)c(=O)[nH]c1=O. The lowest BCUT2D eigenvalue weighted by Gasteiger charge is -2.15. The fourth-order valence-electron chi connectivity index (χ4n) is 2.00. The van der Waals surface area contributed by atoms with E-state index in [0.717, 1.165) is 0 Å². The van der Waals surface area contributed by atoms with Gasteiger partial charge in [-0.15, -0.1) is 0 Å². The van der Waals surface area contributed by atoms with E-state index in [9.17, 15) is 14.7 Å². The van der Waals surface area contributed by atoms with Crippen LogP contribution in [0.15, 0.2) is 15.8 Å². The van der Waals surface area contributed by atoms with Crippen molar-refractivity contribution in [2.45, 2.75) is 31.8 Å². The molecule has 106 valence electrons. The van der Waals surface area contributed by atoms with Gasteiger partial charge in [-0.2, -0.15) is 0 Å². The summed E-state index contributed by atoms with van der Waals surface area (Å²) in [4.78, 5) is 25.1. The van der Waals surface area contributed by atoms with Gasteiger partial charge in [-0.05, 0) is 6.92 Å². The molecule has 2 heterocycles. The Labute approximate surface area is 108 Å². The van der Waals surface area contributed by atoms with Crippen LogP contribution in [0.2, 0.25) is 0 Å². The molecule has 8 heteroatoms. The third-order valence-corrected chi connectivity index (χ3v) is 3.03. The highest BCUT2D eigenvalue weighted by Gasteiger charge is 2.35. The van der Waals surface area contributed by atoms with E-state index in [1.807, 2.05) is 0 Å². The van der Waals surface area contributed by atoms with Crippen LogP contribution < -0.4 is 11.2 Å². The fraction of sp³-hybridized carbons (Fsp3) is 0.636. The Morgan fingerprint density at radius 2 is 2.32 bits per heavy atom. The molecule has 1 aliphatic heterocycles. The number of aliphatic hydroxyl groups excluding tert-OH is 2. The van der Waals surface area contributed by atoms with Gasteiger partial charge in [-0.3, -0.25) is 14.3 Å². The fourth-order valence-corrected chi connectivity index (χ4v) is 2.00. The molecule has 0 spiro atoms. The van der Waals surface area contributed by atoms with Gasteiger partial charge < -0.3 is 19.7 Å². The van der Waals surface area contributed by atoms with Crippen molar-refractivity contribution in [3.8, 4) is 0 Å². The average molecular weight is 272 g/mol. The van der Waals surface area contributed by atoms with E-state index in [-0.39, 0.29) is 13.0 Å². The lowest BCUT2D eigenvalue weighted by molar-refractivity contribution is -0.0923. The largest absolute Gasteiger partial charge is 0.390 e. The number of ether oxygens (including phenoxy) is 2. The molecule has 1 aromatic rings. The highest BCUT2D eigenvalue weighted by molar-refractivity contribution is 5.02. The van der Waals surface area contributed by atoms with Crippen LogP contribution in [0.3, 0.4) is 0 Å². The Bertz CT molecular complexity index is 551. The molecule has 1 aliphatic rings. The molecule has 0 saturated carbocycles. The second kappa shape index (κ2) is 5.66. The smallest absolute Gasteiger partial charge is 0.330 e. The van der Waals surface area contributed by atoms with E-state index in [2.05, 4.69) is 4.98 Å². The first-order valence-electron chi connectivity index (χ1n) is 5.87. The summed E-state index contributed by atoms with van der Waals surface area (Å²) >= 11 is 0. The van der Waals surface area contributed by atoms with Gasteiger partial charge in [0.05, 0.1) is 12.7 Å². The van der Waals surface area contributed by atoms with Crippen molar-refractivity contribution in [2.24, 2.45) is 0 Å². The third kappa shape index (κ3) is 2.92. The molecular formula is C11H16N2O6. The Hall–Kier alpha value is -1.48. The maximum absolute atomic E-state index is 11.7. The van der Waals surface area contributed by atoms with Gasteiger partial charge in [0.1, 0.15) is 19.1 Å². The molecule has 1 fully saturated rings. The van der Waals surface area contributed by atoms with E-state index in [0.29, 0.717) is 5.56 Å². The van der Waals surface area contributed by atoms with Gasteiger partial charge in [0, 0.05) is 18.2 Å². The number of hydrogen-bond donors (Lipinski definition) is 3. The summed E-state index contributed by atoms with van der Waals surface area (Å²) in [5.41, 5.74) is -0.649. The van der Waals surface area contributed by atoms with E-state index in [4.69, 9.17) is 14.6 Å². The maximum atomic E-state index is 11.7. The zero-order chi connectivity index (χ0) is 14.0. The lowest BCUT2D eigenvalue weighted by atomic mass is 10.2. The summed E-state index contributed by atoms with van der Waals surface area (Å²) in [6.07, 6.45) is -0.462. The molecule has 1 aromatic heterocycles. The highest BCUT2D eigenvalue weighted by Crippen LogP contribution is 2.27. The van der Waals surface area contributed by atoms with Crippen LogP contribution in [0.4, 0.5) is 0 Å². The van der Waals surface area contributed by atoms with Gasteiger partial charge in [0.25, 0.3) is 5.56 Å². The first-order valence-corrected chi connectivity index (χ1v) is 5.87. The third-order valence-electron chi connectivity index (χ3n) is 3.03. The van der Waals surface area contributed by atoms with Crippen LogP contribution in [-0.4, -0.2) is 45.4 Å². The Morgan fingerprint density at radius 1 is 1.58 bits per heavy atom. The second-order valence-corrected chi connectivity index (χ2v) is 4.41. The minimum Gasteiger partial charge on any atom is -0.390 e. The van der Waals surface area contributed by atoms with E-state index >= 15 is 0 Å². The van der Waals surface area contributed by atoms with Crippen LogP contribution in [0.1, 0.15) is 18.2 Å². The number of H-pyrrole nitrogens is 1. The molecule has 19 heavy (non-hydrogen) atoms. The zero-order valence-electron chi connectivity index (χ0n) is 10.4. The number of aliphatic hydroxyl groups is 2. The van der Waals surface area contributed by atoms with E-state index in [1.165, 1.54) is 10.8 Å². The highest BCUT2D eigenvalue weighted by atomic mass is 16.6. The zero-order valence-corrected chi connectivity index (χ0v) is 10.4. The van der Waals surface area contributed by atoms with Crippen LogP contribution in [0, 0.1) is 6.92 Å². The standard InChI is InChI=1S/C11H16N2O6/c1-6-3-13(11(17)12-10(6)16)9-2-7(15)8(19-9)4-18-5-14/h3,7-9,14-15H,2,4-5H2,1H3,(H,12,16,17)/t7-,8+,9+/m0/s1. The Balaban J connectivity index is 2.18. The Kier molecular flexibility index (Phi) is 4.15. The van der Waals surface area contributed by atoms with E-state index < -0.39 is 36.5 Å². The van der Waals surface area contributed by atoms with Crippen LogP contribution in [0.25, 0.3) is 0 Å². The number of aromatic nitrogens is 2. The van der Waals surface area contributed by atoms with Gasteiger partial charge in [0.2, 0.25) is 0 Å². The molecule has 0 radical (unpaired) electrons. The van der Waals surface area contributed by atoms with Crippen molar-refractivity contribution in [3.05, 3.63) is 32.6 Å². The van der Waals surface area contributed by atoms with Gasteiger partial charge in [-0.25, -0.2) is 4.79 Å². The van der Waals surface area contributed by atoms with Gasteiger partial charge in [0.15, 0.2) is 0 Å². The Morgan fingerprint density at radius 3 is 3.00 bits per heavy atom. The summed E-state index contributed by atoms with van der Waals surface area (Å²) in [6, 6.07) is 0. The van der Waals surface area contributed by atoms with E-state index in [1.54, 1.807) is 6.92 Å². The van der Waals surface area contributed by atoms with Crippen molar-refractivity contribution in [3.63, 3.8) is 0 Å². The molecule has 0 unspecified atom stereocenters. The van der Waals surface area contributed by atoms with Crippen LogP contribution in [0.5, 0.6) is 0 Å². The van der Waals surface area contributed by atoms with Crippen molar-refractivity contribution >= 4 is 0 Å². The quantitative estimate of drug-likeness (QED) is 0.572. The van der Waals surface area contributed by atoms with Gasteiger partial charge >= 0.3 is 5.69 Å². The minimum atomic E-state index is -0.796. The number of nitrogens with one attached hydrogen (secondary N) is 1. The summed E-state index contributed by atoms with van der Waals surface area (Å²) in [7, 11) is 0.